The van der Waals surface area contributed by atoms with Gasteiger partial charge < -0.3 is 9.26 Å². The summed E-state index contributed by atoms with van der Waals surface area (Å²) < 4.78 is 10.7. The van der Waals surface area contributed by atoms with Crippen LogP contribution in [0.4, 0.5) is 0 Å². The lowest BCUT2D eigenvalue weighted by molar-refractivity contribution is 0.0372. The molecule has 3 aromatic rings. The van der Waals surface area contributed by atoms with Crippen LogP contribution >= 0.6 is 0 Å². The Balaban J connectivity index is 1.58. The third-order valence-electron chi connectivity index (χ3n) is 3.64. The van der Waals surface area contributed by atoms with E-state index in [-0.39, 0.29) is 12.1 Å². The van der Waals surface area contributed by atoms with Crippen LogP contribution in [-0.2, 0) is 11.2 Å². The van der Waals surface area contributed by atoms with Crippen molar-refractivity contribution in [1.29, 1.82) is 0 Å². The van der Waals surface area contributed by atoms with Gasteiger partial charge in [0.05, 0.1) is 12.0 Å². The van der Waals surface area contributed by atoms with Crippen LogP contribution in [0.25, 0.3) is 11.4 Å². The van der Waals surface area contributed by atoms with Crippen LogP contribution in [0.15, 0.2) is 59.1 Å². The van der Waals surface area contributed by atoms with E-state index in [1.165, 1.54) is 0 Å². The SMILES string of the molecule is O=C1OC(Cc2nc(-c3ccccc3)no2)c2ccccc21. The molecule has 0 saturated heterocycles. The number of nitrogens with zero attached hydrogens (tertiary/aromatic N) is 2. The smallest absolute Gasteiger partial charge is 0.339 e. The first-order valence-corrected chi connectivity index (χ1v) is 6.99. The maximum Gasteiger partial charge on any atom is 0.339 e. The fraction of sp³-hybridized carbons (Fsp3) is 0.118. The molecule has 5 heteroatoms. The van der Waals surface area contributed by atoms with E-state index in [1.54, 1.807) is 6.07 Å². The van der Waals surface area contributed by atoms with Crippen LogP contribution in [0.3, 0.4) is 0 Å². The number of aromatic nitrogens is 2. The Labute approximate surface area is 126 Å². The molecule has 1 atom stereocenters. The lowest BCUT2D eigenvalue weighted by atomic mass is 10.0. The first-order valence-electron chi connectivity index (χ1n) is 6.99. The second-order valence-electron chi connectivity index (χ2n) is 5.06. The van der Waals surface area contributed by atoms with Crippen LogP contribution in [0.2, 0.25) is 0 Å². The molecule has 0 bridgehead atoms. The molecule has 2 aromatic carbocycles. The first kappa shape index (κ1) is 12.8. The molecule has 0 aliphatic carbocycles. The molecule has 1 aromatic heterocycles. The summed E-state index contributed by atoms with van der Waals surface area (Å²) in [5.41, 5.74) is 2.36. The Morgan fingerprint density at radius 1 is 1.00 bits per heavy atom. The van der Waals surface area contributed by atoms with Gasteiger partial charge in [-0.2, -0.15) is 4.98 Å². The minimum absolute atomic E-state index is 0.302. The summed E-state index contributed by atoms with van der Waals surface area (Å²) >= 11 is 0. The average Bonchev–Trinajstić information content (AvgIpc) is 3.15. The summed E-state index contributed by atoms with van der Waals surface area (Å²) in [6, 6.07) is 17.0. The number of cyclic esters (lactones) is 1. The summed E-state index contributed by atoms with van der Waals surface area (Å²) in [4.78, 5) is 16.2. The predicted molar refractivity (Wildman–Crippen MR) is 78.0 cm³/mol. The second-order valence-corrected chi connectivity index (χ2v) is 5.06. The standard InChI is InChI=1S/C17H12N2O3/c20-17-13-9-5-4-8-12(13)14(21-17)10-15-18-16(19-22-15)11-6-2-1-3-7-11/h1-9,14H,10H2. The third-order valence-corrected chi connectivity index (χ3v) is 3.64. The van der Waals surface area contributed by atoms with Gasteiger partial charge in [0.2, 0.25) is 11.7 Å². The molecular formula is C17H12N2O3. The van der Waals surface area contributed by atoms with Crippen molar-refractivity contribution in [2.24, 2.45) is 0 Å². The Morgan fingerprint density at radius 3 is 2.64 bits per heavy atom. The molecule has 1 aliphatic rings. The fourth-order valence-corrected chi connectivity index (χ4v) is 2.57. The quantitative estimate of drug-likeness (QED) is 0.694. The maximum absolute atomic E-state index is 11.8. The summed E-state index contributed by atoms with van der Waals surface area (Å²) in [6.07, 6.45) is 0.00976. The van der Waals surface area contributed by atoms with Crippen molar-refractivity contribution in [3.8, 4) is 11.4 Å². The molecule has 22 heavy (non-hydrogen) atoms. The highest BCUT2D eigenvalue weighted by Gasteiger charge is 2.32. The van der Waals surface area contributed by atoms with Crippen LogP contribution in [0.5, 0.6) is 0 Å². The second kappa shape index (κ2) is 5.11. The summed E-state index contributed by atoms with van der Waals surface area (Å²) in [6.45, 7) is 0. The fourth-order valence-electron chi connectivity index (χ4n) is 2.57. The predicted octanol–water partition coefficient (Wildman–Crippen LogP) is 3.19. The minimum Gasteiger partial charge on any atom is -0.453 e. The lowest BCUT2D eigenvalue weighted by Gasteiger charge is -2.06. The molecule has 5 nitrogen and oxygen atoms in total. The van der Waals surface area contributed by atoms with Gasteiger partial charge in [-0.15, -0.1) is 0 Å². The van der Waals surface area contributed by atoms with Crippen LogP contribution in [0, 0.1) is 0 Å². The molecule has 1 aliphatic heterocycles. The monoisotopic (exact) mass is 292 g/mol. The van der Waals surface area contributed by atoms with Gasteiger partial charge in [0.1, 0.15) is 6.10 Å². The Kier molecular flexibility index (Phi) is 2.96. The number of ether oxygens (including phenoxy) is 1. The molecule has 108 valence electrons. The number of hydrogen-bond acceptors (Lipinski definition) is 5. The molecule has 0 spiro atoms. The molecule has 1 unspecified atom stereocenters. The van der Waals surface area contributed by atoms with Crippen LogP contribution in [-0.4, -0.2) is 16.1 Å². The largest absolute Gasteiger partial charge is 0.453 e. The van der Waals surface area contributed by atoms with E-state index in [4.69, 9.17) is 9.26 Å². The number of carbonyl (C=O) groups excluding carboxylic acids is 1. The third kappa shape index (κ3) is 2.16. The van der Waals surface area contributed by atoms with Crippen molar-refractivity contribution in [2.75, 3.05) is 0 Å². The van der Waals surface area contributed by atoms with Crippen molar-refractivity contribution < 1.29 is 14.1 Å². The van der Waals surface area contributed by atoms with Crippen molar-refractivity contribution in [3.63, 3.8) is 0 Å². The van der Waals surface area contributed by atoms with Gasteiger partial charge in [-0.1, -0.05) is 53.7 Å². The molecule has 0 fully saturated rings. The van der Waals surface area contributed by atoms with Crippen molar-refractivity contribution in [1.82, 2.24) is 10.1 Å². The zero-order valence-corrected chi connectivity index (χ0v) is 11.6. The van der Waals surface area contributed by atoms with Crippen LogP contribution < -0.4 is 0 Å². The zero-order valence-electron chi connectivity index (χ0n) is 11.6. The Bertz CT molecular complexity index is 827. The number of rotatable bonds is 3. The Hall–Kier alpha value is -2.95. The normalized spacial score (nSPS) is 16.4. The van der Waals surface area contributed by atoms with Gasteiger partial charge in [0.15, 0.2) is 0 Å². The van der Waals surface area contributed by atoms with E-state index in [0.717, 1.165) is 11.1 Å². The number of benzene rings is 2. The van der Waals surface area contributed by atoms with Crippen molar-refractivity contribution in [3.05, 3.63) is 71.6 Å². The molecular weight excluding hydrogens is 280 g/mol. The number of esters is 1. The summed E-state index contributed by atoms with van der Waals surface area (Å²) in [7, 11) is 0. The van der Waals surface area contributed by atoms with E-state index in [2.05, 4.69) is 10.1 Å². The van der Waals surface area contributed by atoms with E-state index >= 15 is 0 Å². The van der Waals surface area contributed by atoms with E-state index in [9.17, 15) is 4.79 Å². The van der Waals surface area contributed by atoms with Gasteiger partial charge in [-0.25, -0.2) is 4.79 Å². The number of hydrogen-bond donors (Lipinski definition) is 0. The van der Waals surface area contributed by atoms with Gasteiger partial charge >= 0.3 is 5.97 Å². The van der Waals surface area contributed by atoms with Crippen LogP contribution in [0.1, 0.15) is 27.9 Å². The van der Waals surface area contributed by atoms with Gasteiger partial charge in [0, 0.05) is 11.1 Å². The summed E-state index contributed by atoms with van der Waals surface area (Å²) in [5, 5.41) is 3.98. The minimum atomic E-state index is -0.368. The average molecular weight is 292 g/mol. The topological polar surface area (TPSA) is 65.2 Å². The van der Waals surface area contributed by atoms with Gasteiger partial charge in [-0.3, -0.25) is 0 Å². The molecule has 4 rings (SSSR count). The number of carbonyl (C=O) groups is 1. The van der Waals surface area contributed by atoms with E-state index in [1.807, 2.05) is 48.5 Å². The van der Waals surface area contributed by atoms with Gasteiger partial charge in [0.25, 0.3) is 0 Å². The van der Waals surface area contributed by atoms with Crippen molar-refractivity contribution >= 4 is 5.97 Å². The molecule has 2 heterocycles. The molecule has 0 N–H and O–H groups in total. The molecule has 0 saturated carbocycles. The summed E-state index contributed by atoms with van der Waals surface area (Å²) in [5.74, 6) is 0.685. The first-order chi connectivity index (χ1) is 10.8. The van der Waals surface area contributed by atoms with Crippen molar-refractivity contribution in [2.45, 2.75) is 12.5 Å². The van der Waals surface area contributed by atoms with E-state index in [0.29, 0.717) is 23.7 Å². The highest BCUT2D eigenvalue weighted by Crippen LogP contribution is 2.32. The maximum atomic E-state index is 11.8. The molecule has 0 radical (unpaired) electrons. The lowest BCUT2D eigenvalue weighted by Crippen LogP contribution is -2.03. The molecule has 0 amide bonds. The van der Waals surface area contributed by atoms with E-state index < -0.39 is 0 Å². The Morgan fingerprint density at radius 2 is 1.77 bits per heavy atom. The highest BCUT2D eigenvalue weighted by molar-refractivity contribution is 5.94. The zero-order chi connectivity index (χ0) is 14.9. The number of fused-ring (bicyclic) bond motifs is 1. The highest BCUT2D eigenvalue weighted by atomic mass is 16.6. The van der Waals surface area contributed by atoms with Gasteiger partial charge in [-0.05, 0) is 6.07 Å².